The minimum Gasteiger partial charge on any atom is -0.399 e. The van der Waals surface area contributed by atoms with Gasteiger partial charge in [0.25, 0.3) is 5.91 Å². The van der Waals surface area contributed by atoms with E-state index in [-0.39, 0.29) is 5.91 Å². The molecule has 2 rings (SSSR count). The fourth-order valence-corrected chi connectivity index (χ4v) is 2.67. The van der Waals surface area contributed by atoms with Gasteiger partial charge in [-0.25, -0.2) is 0 Å². The maximum Gasteiger partial charge on any atom is 0.270 e. The van der Waals surface area contributed by atoms with Crippen LogP contribution in [0.25, 0.3) is 0 Å². The molecule has 2 aromatic rings. The number of pyridine rings is 1. The predicted octanol–water partition coefficient (Wildman–Crippen LogP) is 2.42. The van der Waals surface area contributed by atoms with Crippen molar-refractivity contribution in [2.75, 3.05) is 5.73 Å². The summed E-state index contributed by atoms with van der Waals surface area (Å²) in [4.78, 5) is 16.8. The third kappa shape index (κ3) is 3.28. The zero-order valence-corrected chi connectivity index (χ0v) is 11.2. The SMILES string of the molecule is Nc1ccnc(C(=O)NCc2cc(Br)cs2)c1. The van der Waals surface area contributed by atoms with Gasteiger partial charge in [-0.15, -0.1) is 11.3 Å². The minimum absolute atomic E-state index is 0.221. The van der Waals surface area contributed by atoms with Crippen LogP contribution in [0, 0.1) is 0 Å². The first kappa shape index (κ1) is 12.1. The van der Waals surface area contributed by atoms with Gasteiger partial charge in [-0.2, -0.15) is 0 Å². The summed E-state index contributed by atoms with van der Waals surface area (Å²) in [5, 5.41) is 4.76. The number of hydrogen-bond acceptors (Lipinski definition) is 4. The molecule has 2 aromatic heterocycles. The average molecular weight is 312 g/mol. The zero-order valence-electron chi connectivity index (χ0n) is 8.81. The van der Waals surface area contributed by atoms with E-state index in [0.29, 0.717) is 17.9 Å². The molecular weight excluding hydrogens is 302 g/mol. The number of nitrogens with two attached hydrogens (primary N) is 1. The molecule has 0 radical (unpaired) electrons. The second kappa shape index (κ2) is 5.29. The zero-order chi connectivity index (χ0) is 12.3. The highest BCUT2D eigenvalue weighted by atomic mass is 79.9. The number of aromatic nitrogens is 1. The Kier molecular flexibility index (Phi) is 3.75. The van der Waals surface area contributed by atoms with Gasteiger partial charge in [0.1, 0.15) is 5.69 Å². The number of rotatable bonds is 3. The highest BCUT2D eigenvalue weighted by Crippen LogP contribution is 2.19. The maximum atomic E-state index is 11.7. The van der Waals surface area contributed by atoms with E-state index in [1.165, 1.54) is 6.20 Å². The van der Waals surface area contributed by atoms with Gasteiger partial charge in [-0.1, -0.05) is 0 Å². The van der Waals surface area contributed by atoms with E-state index in [2.05, 4.69) is 26.2 Å². The molecule has 0 aliphatic heterocycles. The first-order valence-electron chi connectivity index (χ1n) is 4.88. The molecule has 0 aliphatic rings. The lowest BCUT2D eigenvalue weighted by Gasteiger charge is -2.03. The number of nitrogen functional groups attached to an aromatic ring is 1. The van der Waals surface area contributed by atoms with Gasteiger partial charge >= 0.3 is 0 Å². The Bertz CT molecular complexity index is 541. The molecule has 0 saturated heterocycles. The van der Waals surface area contributed by atoms with E-state index in [4.69, 9.17) is 5.73 Å². The molecule has 1 amide bonds. The van der Waals surface area contributed by atoms with E-state index < -0.39 is 0 Å². The fourth-order valence-electron chi connectivity index (χ4n) is 1.28. The Hall–Kier alpha value is -1.40. The number of nitrogens with one attached hydrogen (secondary N) is 1. The van der Waals surface area contributed by atoms with Gasteiger partial charge in [0.2, 0.25) is 0 Å². The minimum atomic E-state index is -0.221. The number of carbonyl (C=O) groups is 1. The molecule has 0 bridgehead atoms. The van der Waals surface area contributed by atoms with E-state index in [9.17, 15) is 4.79 Å². The van der Waals surface area contributed by atoms with Crippen molar-refractivity contribution in [3.8, 4) is 0 Å². The summed E-state index contributed by atoms with van der Waals surface area (Å²) in [7, 11) is 0. The van der Waals surface area contributed by atoms with Crippen LogP contribution in [0.15, 0.2) is 34.2 Å². The van der Waals surface area contributed by atoms with Crippen molar-refractivity contribution in [2.24, 2.45) is 0 Å². The number of halogens is 1. The third-order valence-corrected chi connectivity index (χ3v) is 3.76. The molecule has 6 heteroatoms. The predicted molar refractivity (Wildman–Crippen MR) is 71.8 cm³/mol. The van der Waals surface area contributed by atoms with Gasteiger partial charge in [-0.05, 0) is 34.1 Å². The van der Waals surface area contributed by atoms with Crippen molar-refractivity contribution >= 4 is 38.9 Å². The lowest BCUT2D eigenvalue weighted by atomic mass is 10.3. The summed E-state index contributed by atoms with van der Waals surface area (Å²) in [6.07, 6.45) is 1.52. The van der Waals surface area contributed by atoms with Crippen LogP contribution >= 0.6 is 27.3 Å². The molecule has 0 aliphatic carbocycles. The Morgan fingerprint density at radius 2 is 2.35 bits per heavy atom. The van der Waals surface area contributed by atoms with Crippen LogP contribution < -0.4 is 11.1 Å². The van der Waals surface area contributed by atoms with Crippen molar-refractivity contribution < 1.29 is 4.79 Å². The molecule has 4 nitrogen and oxygen atoms in total. The molecule has 17 heavy (non-hydrogen) atoms. The normalized spacial score (nSPS) is 10.2. The van der Waals surface area contributed by atoms with Crippen LogP contribution in [0.5, 0.6) is 0 Å². The first-order valence-corrected chi connectivity index (χ1v) is 6.55. The second-order valence-electron chi connectivity index (χ2n) is 3.39. The Morgan fingerprint density at radius 1 is 1.53 bits per heavy atom. The van der Waals surface area contributed by atoms with Gasteiger partial charge in [0.15, 0.2) is 0 Å². The van der Waals surface area contributed by atoms with E-state index >= 15 is 0 Å². The molecule has 3 N–H and O–H groups in total. The summed E-state index contributed by atoms with van der Waals surface area (Å²) >= 11 is 4.95. The quantitative estimate of drug-likeness (QED) is 0.914. The molecule has 2 heterocycles. The van der Waals surface area contributed by atoms with Crippen molar-refractivity contribution in [2.45, 2.75) is 6.54 Å². The number of nitrogens with zero attached hydrogens (tertiary/aromatic N) is 1. The lowest BCUT2D eigenvalue weighted by molar-refractivity contribution is 0.0946. The van der Waals surface area contributed by atoms with Crippen LogP contribution in [-0.2, 0) is 6.54 Å². The van der Waals surface area contributed by atoms with Gasteiger partial charge < -0.3 is 11.1 Å². The Balaban J connectivity index is 1.98. The number of anilines is 1. The van der Waals surface area contributed by atoms with Crippen molar-refractivity contribution in [1.82, 2.24) is 10.3 Å². The molecule has 0 saturated carbocycles. The smallest absolute Gasteiger partial charge is 0.270 e. The largest absolute Gasteiger partial charge is 0.399 e. The lowest BCUT2D eigenvalue weighted by Crippen LogP contribution is -2.23. The standard InChI is InChI=1S/C11H10BrN3OS/c12-7-3-9(17-6-7)5-15-11(16)10-4-8(13)1-2-14-10/h1-4,6H,5H2,(H2,13,14)(H,15,16). The third-order valence-electron chi connectivity index (χ3n) is 2.06. The first-order chi connectivity index (χ1) is 8.15. The molecule has 0 unspecified atom stereocenters. The molecule has 0 fully saturated rings. The molecule has 0 aromatic carbocycles. The van der Waals surface area contributed by atoms with Crippen molar-refractivity contribution in [3.05, 3.63) is 44.8 Å². The van der Waals surface area contributed by atoms with E-state index in [1.807, 2.05) is 11.4 Å². The Morgan fingerprint density at radius 3 is 3.00 bits per heavy atom. The van der Waals surface area contributed by atoms with Gasteiger partial charge in [-0.3, -0.25) is 9.78 Å². The van der Waals surface area contributed by atoms with Gasteiger partial charge in [0, 0.05) is 26.6 Å². The number of carbonyl (C=O) groups excluding carboxylic acids is 1. The van der Waals surface area contributed by atoms with E-state index in [1.54, 1.807) is 23.5 Å². The van der Waals surface area contributed by atoms with Crippen LogP contribution in [0.2, 0.25) is 0 Å². The molecule has 88 valence electrons. The van der Waals surface area contributed by atoms with Crippen LogP contribution in [-0.4, -0.2) is 10.9 Å². The number of amides is 1. The summed E-state index contributed by atoms with van der Waals surface area (Å²) in [6.45, 7) is 0.492. The molecule has 0 atom stereocenters. The topological polar surface area (TPSA) is 68.0 Å². The van der Waals surface area contributed by atoms with Crippen molar-refractivity contribution in [3.63, 3.8) is 0 Å². The van der Waals surface area contributed by atoms with Crippen LogP contribution in [0.1, 0.15) is 15.4 Å². The fraction of sp³-hybridized carbons (Fsp3) is 0.0909. The summed E-state index contributed by atoms with van der Waals surface area (Å²) in [6, 6.07) is 5.17. The highest BCUT2D eigenvalue weighted by Gasteiger charge is 2.07. The van der Waals surface area contributed by atoms with Crippen LogP contribution in [0.4, 0.5) is 5.69 Å². The van der Waals surface area contributed by atoms with Crippen molar-refractivity contribution in [1.29, 1.82) is 0 Å². The Labute approximate surface area is 111 Å². The maximum absolute atomic E-state index is 11.7. The monoisotopic (exact) mass is 311 g/mol. The summed E-state index contributed by atoms with van der Waals surface area (Å²) in [5.74, 6) is -0.221. The average Bonchev–Trinajstić information content (AvgIpc) is 2.72. The summed E-state index contributed by atoms with van der Waals surface area (Å²) < 4.78 is 1.02. The second-order valence-corrected chi connectivity index (χ2v) is 5.30. The number of thiophene rings is 1. The summed E-state index contributed by atoms with van der Waals surface area (Å²) in [5.41, 5.74) is 6.45. The van der Waals surface area contributed by atoms with E-state index in [0.717, 1.165) is 9.35 Å². The van der Waals surface area contributed by atoms with Gasteiger partial charge in [0.05, 0.1) is 6.54 Å². The number of hydrogen-bond donors (Lipinski definition) is 2. The molecule has 0 spiro atoms. The highest BCUT2D eigenvalue weighted by molar-refractivity contribution is 9.10. The molecular formula is C11H10BrN3OS. The van der Waals surface area contributed by atoms with Crippen LogP contribution in [0.3, 0.4) is 0 Å².